The zero-order chi connectivity index (χ0) is 20.3. The molecule has 4 aromatic rings. The summed E-state index contributed by atoms with van der Waals surface area (Å²) in [5, 5.41) is 40.9. The van der Waals surface area contributed by atoms with Gasteiger partial charge in [0.2, 0.25) is 6.29 Å². The summed E-state index contributed by atoms with van der Waals surface area (Å²) >= 11 is 0. The maximum Gasteiger partial charge on any atom is 0.255 e. The fourth-order valence-electron chi connectivity index (χ4n) is 3.92. The van der Waals surface area contributed by atoms with Gasteiger partial charge in [0.1, 0.15) is 30.2 Å². The molecule has 1 aliphatic heterocycles. The van der Waals surface area contributed by atoms with Crippen LogP contribution >= 0.6 is 0 Å². The normalized spacial score (nSPS) is 27.8. The number of fused-ring (bicyclic) bond motifs is 3. The van der Waals surface area contributed by atoms with Crippen LogP contribution in [0.1, 0.15) is 0 Å². The second-order valence-electron chi connectivity index (χ2n) is 7.09. The first kappa shape index (κ1) is 18.2. The van der Waals surface area contributed by atoms with Gasteiger partial charge in [-0.25, -0.2) is 0 Å². The van der Waals surface area contributed by atoms with E-state index in [1.165, 1.54) is 6.07 Å². The molecule has 150 valence electrons. The van der Waals surface area contributed by atoms with E-state index < -0.39 is 37.3 Å². The van der Waals surface area contributed by atoms with Gasteiger partial charge in [-0.1, -0.05) is 0 Å². The first-order valence-electron chi connectivity index (χ1n) is 9.12. The van der Waals surface area contributed by atoms with Crippen molar-refractivity contribution < 1.29 is 29.9 Å². The molecule has 5 atom stereocenters. The highest BCUT2D eigenvalue weighted by Gasteiger charge is 2.44. The summed E-state index contributed by atoms with van der Waals surface area (Å²) in [5.41, 5.74) is 1.91. The standard InChI is InChI=1S/C20H18N2O7/c23-8-14-17(25)18(26)19(27)20(29-14)28-9-1-3-13-11(7-9)10-5-6-21-12-2-4-15(24)22(13)16(10)12/h1-7,14,17-20,23,25-27H,8H2/t14-,17-,18+,19-,20-/m1/s1. The second kappa shape index (κ2) is 6.61. The molecule has 1 saturated heterocycles. The number of aliphatic hydroxyl groups is 4. The SMILES string of the molecule is O=c1ccc2nccc3c4cc(O[C@@H]5O[C@H](CO)[C@@H](O)[C@H](O)[C@H]5O)ccc4n1c23. The van der Waals surface area contributed by atoms with E-state index >= 15 is 0 Å². The summed E-state index contributed by atoms with van der Waals surface area (Å²) in [6.07, 6.45) is -5.17. The number of aromatic nitrogens is 2. The van der Waals surface area contributed by atoms with Crippen molar-refractivity contribution in [2.45, 2.75) is 30.7 Å². The molecule has 9 nitrogen and oxygen atoms in total. The highest BCUT2D eigenvalue weighted by atomic mass is 16.7. The van der Waals surface area contributed by atoms with Crippen molar-refractivity contribution in [3.8, 4) is 5.75 Å². The van der Waals surface area contributed by atoms with Crippen molar-refractivity contribution in [1.29, 1.82) is 0 Å². The van der Waals surface area contributed by atoms with Crippen molar-refractivity contribution in [3.05, 3.63) is 52.9 Å². The summed E-state index contributed by atoms with van der Waals surface area (Å²) < 4.78 is 12.7. The third-order valence-corrected chi connectivity index (χ3v) is 5.38. The molecule has 0 spiro atoms. The van der Waals surface area contributed by atoms with E-state index in [0.29, 0.717) is 22.3 Å². The average Bonchev–Trinajstić information content (AvgIpc) is 3.07. The van der Waals surface area contributed by atoms with Gasteiger partial charge in [0.05, 0.1) is 23.2 Å². The quantitative estimate of drug-likeness (QED) is 0.367. The van der Waals surface area contributed by atoms with E-state index in [2.05, 4.69) is 4.98 Å². The van der Waals surface area contributed by atoms with Crippen LogP contribution in [0.3, 0.4) is 0 Å². The van der Waals surface area contributed by atoms with E-state index in [1.807, 2.05) is 6.07 Å². The molecule has 4 heterocycles. The molecule has 9 heteroatoms. The first-order chi connectivity index (χ1) is 14.0. The second-order valence-corrected chi connectivity index (χ2v) is 7.09. The van der Waals surface area contributed by atoms with E-state index in [-0.39, 0.29) is 5.56 Å². The summed E-state index contributed by atoms with van der Waals surface area (Å²) in [7, 11) is 0. The summed E-state index contributed by atoms with van der Waals surface area (Å²) in [6, 6.07) is 9.99. The average molecular weight is 398 g/mol. The zero-order valence-electron chi connectivity index (χ0n) is 15.0. The van der Waals surface area contributed by atoms with Crippen LogP contribution < -0.4 is 10.3 Å². The molecule has 0 radical (unpaired) electrons. The Hall–Kier alpha value is -2.82. The molecule has 0 amide bonds. The Bertz CT molecular complexity index is 1250. The molecule has 0 aliphatic carbocycles. The van der Waals surface area contributed by atoms with E-state index in [1.54, 1.807) is 34.9 Å². The number of benzene rings is 1. The van der Waals surface area contributed by atoms with Crippen molar-refractivity contribution in [2.75, 3.05) is 6.61 Å². The Morgan fingerprint density at radius 2 is 1.86 bits per heavy atom. The van der Waals surface area contributed by atoms with Gasteiger partial charge in [-0.3, -0.25) is 14.2 Å². The highest BCUT2D eigenvalue weighted by molar-refractivity contribution is 6.13. The number of aliphatic hydroxyl groups excluding tert-OH is 4. The van der Waals surface area contributed by atoms with Crippen molar-refractivity contribution in [3.63, 3.8) is 0 Å². The van der Waals surface area contributed by atoms with Gasteiger partial charge in [0.15, 0.2) is 0 Å². The van der Waals surface area contributed by atoms with Crippen LogP contribution in [0.2, 0.25) is 0 Å². The minimum atomic E-state index is -1.53. The van der Waals surface area contributed by atoms with Crippen molar-refractivity contribution >= 4 is 27.3 Å². The summed E-state index contributed by atoms with van der Waals surface area (Å²) in [6.45, 7) is -0.539. The molecular weight excluding hydrogens is 380 g/mol. The number of rotatable bonds is 3. The highest BCUT2D eigenvalue weighted by Crippen LogP contribution is 2.33. The maximum absolute atomic E-state index is 12.4. The zero-order valence-corrected chi connectivity index (χ0v) is 15.0. The van der Waals surface area contributed by atoms with Crippen LogP contribution in [0.15, 0.2) is 47.4 Å². The Kier molecular flexibility index (Phi) is 4.16. The molecule has 1 aromatic carbocycles. The molecule has 0 saturated carbocycles. The monoisotopic (exact) mass is 398 g/mol. The third-order valence-electron chi connectivity index (χ3n) is 5.38. The van der Waals surface area contributed by atoms with Crippen LogP contribution in [0.5, 0.6) is 5.75 Å². The van der Waals surface area contributed by atoms with Crippen molar-refractivity contribution in [2.24, 2.45) is 0 Å². The first-order valence-corrected chi connectivity index (χ1v) is 9.12. The Morgan fingerprint density at radius 3 is 2.66 bits per heavy atom. The number of nitrogens with zero attached hydrogens (tertiary/aromatic N) is 2. The Balaban J connectivity index is 1.59. The van der Waals surface area contributed by atoms with E-state index in [9.17, 15) is 25.2 Å². The van der Waals surface area contributed by atoms with Gasteiger partial charge in [0, 0.05) is 23.0 Å². The molecule has 0 bridgehead atoms. The molecule has 1 aliphatic rings. The van der Waals surface area contributed by atoms with E-state index in [0.717, 1.165) is 10.8 Å². The summed E-state index contributed by atoms with van der Waals surface area (Å²) in [4.78, 5) is 16.7. The fourth-order valence-corrected chi connectivity index (χ4v) is 3.92. The Labute approximate surface area is 163 Å². The van der Waals surface area contributed by atoms with Crippen LogP contribution in [0, 0.1) is 0 Å². The van der Waals surface area contributed by atoms with Crippen LogP contribution in [-0.2, 0) is 4.74 Å². The number of pyridine rings is 2. The lowest BCUT2D eigenvalue weighted by molar-refractivity contribution is -0.277. The molecular formula is C20H18N2O7. The lowest BCUT2D eigenvalue weighted by atomic mass is 9.99. The van der Waals surface area contributed by atoms with E-state index in [4.69, 9.17) is 9.47 Å². The molecule has 5 rings (SSSR count). The summed E-state index contributed by atoms with van der Waals surface area (Å²) in [5.74, 6) is 0.332. The van der Waals surface area contributed by atoms with Gasteiger partial charge in [-0.2, -0.15) is 0 Å². The van der Waals surface area contributed by atoms with Gasteiger partial charge in [0.25, 0.3) is 5.56 Å². The lowest BCUT2D eigenvalue weighted by Gasteiger charge is -2.39. The third kappa shape index (κ3) is 2.67. The van der Waals surface area contributed by atoms with Crippen LogP contribution in [0.4, 0.5) is 0 Å². The molecule has 3 aromatic heterocycles. The maximum atomic E-state index is 12.4. The molecule has 29 heavy (non-hydrogen) atoms. The van der Waals surface area contributed by atoms with Crippen LogP contribution in [0.25, 0.3) is 27.3 Å². The lowest BCUT2D eigenvalue weighted by Crippen LogP contribution is -2.60. The van der Waals surface area contributed by atoms with Gasteiger partial charge in [-0.05, 0) is 30.3 Å². The number of hydrogen-bond donors (Lipinski definition) is 4. The van der Waals surface area contributed by atoms with Crippen molar-refractivity contribution in [1.82, 2.24) is 9.38 Å². The minimum absolute atomic E-state index is 0.173. The smallest absolute Gasteiger partial charge is 0.255 e. The predicted molar refractivity (Wildman–Crippen MR) is 102 cm³/mol. The van der Waals surface area contributed by atoms with Crippen LogP contribution in [-0.4, -0.2) is 67.1 Å². The molecule has 1 fully saturated rings. The largest absolute Gasteiger partial charge is 0.462 e. The molecule has 0 unspecified atom stereocenters. The predicted octanol–water partition coefficient (Wildman–Crippen LogP) is -0.383. The Morgan fingerprint density at radius 1 is 1.03 bits per heavy atom. The number of ether oxygens (including phenoxy) is 2. The van der Waals surface area contributed by atoms with Gasteiger partial charge >= 0.3 is 0 Å². The van der Waals surface area contributed by atoms with Gasteiger partial charge in [-0.15, -0.1) is 0 Å². The number of hydrogen-bond acceptors (Lipinski definition) is 8. The topological polar surface area (TPSA) is 134 Å². The fraction of sp³-hybridized carbons (Fsp3) is 0.300. The molecule has 4 N–H and O–H groups in total. The van der Waals surface area contributed by atoms with Gasteiger partial charge < -0.3 is 29.9 Å². The minimum Gasteiger partial charge on any atom is -0.462 e.